The Balaban J connectivity index is 1.78. The maximum atomic E-state index is 14.3. The number of benzene rings is 1. The molecule has 0 saturated heterocycles. The zero-order chi connectivity index (χ0) is 21.1. The van der Waals surface area contributed by atoms with Gasteiger partial charge in [-0.2, -0.15) is 0 Å². The molecule has 30 heavy (non-hydrogen) atoms. The fourth-order valence-electron chi connectivity index (χ4n) is 3.20. The number of aromatic nitrogens is 3. The van der Waals surface area contributed by atoms with Crippen molar-refractivity contribution in [3.63, 3.8) is 0 Å². The van der Waals surface area contributed by atoms with Crippen molar-refractivity contribution in [3.8, 4) is 11.3 Å². The van der Waals surface area contributed by atoms with Crippen LogP contribution in [-0.4, -0.2) is 28.3 Å². The van der Waals surface area contributed by atoms with E-state index in [0.29, 0.717) is 18.0 Å². The van der Waals surface area contributed by atoms with Crippen LogP contribution in [0, 0.1) is 11.6 Å². The van der Waals surface area contributed by atoms with E-state index in [-0.39, 0.29) is 23.6 Å². The molecule has 3 aromatic rings. The van der Waals surface area contributed by atoms with Gasteiger partial charge in [0, 0.05) is 24.8 Å². The highest BCUT2D eigenvalue weighted by molar-refractivity contribution is 5.75. The van der Waals surface area contributed by atoms with Crippen molar-refractivity contribution >= 4 is 12.2 Å². The van der Waals surface area contributed by atoms with Crippen LogP contribution in [0.3, 0.4) is 0 Å². The summed E-state index contributed by atoms with van der Waals surface area (Å²) in [6.45, 7) is 0.361. The molecule has 0 radical (unpaired) electrons. The first-order chi connectivity index (χ1) is 14.5. The van der Waals surface area contributed by atoms with Crippen molar-refractivity contribution in [2.24, 2.45) is 15.4 Å². The molecule has 1 unspecified atom stereocenters. The third-order valence-electron chi connectivity index (χ3n) is 4.57. The van der Waals surface area contributed by atoms with E-state index in [1.54, 1.807) is 7.11 Å². The molecule has 1 aromatic carbocycles. The molecule has 1 aliphatic heterocycles. The predicted molar refractivity (Wildman–Crippen MR) is 105 cm³/mol. The number of nitrogens with two attached hydrogens (primary N) is 1. The Morgan fingerprint density at radius 1 is 1.03 bits per heavy atom. The summed E-state index contributed by atoms with van der Waals surface area (Å²) < 4.78 is 33.2. The Morgan fingerprint density at radius 3 is 2.60 bits per heavy atom. The fraction of sp³-hybridized carbons (Fsp3) is 0.200. The van der Waals surface area contributed by atoms with E-state index >= 15 is 0 Å². The average Bonchev–Trinajstić information content (AvgIpc) is 3.20. The molecule has 0 aliphatic carbocycles. The van der Waals surface area contributed by atoms with Gasteiger partial charge in [-0.05, 0) is 35.6 Å². The second kappa shape index (κ2) is 7.99. The molecule has 0 saturated carbocycles. The van der Waals surface area contributed by atoms with E-state index in [1.807, 2.05) is 18.2 Å². The lowest BCUT2D eigenvalue weighted by Crippen LogP contribution is -2.29. The van der Waals surface area contributed by atoms with Gasteiger partial charge in [0.05, 0.1) is 29.9 Å². The summed E-state index contributed by atoms with van der Waals surface area (Å²) >= 11 is 0. The minimum Gasteiger partial charge on any atom is -0.378 e. The molecule has 2 N–H and O–H groups in total. The Bertz CT molecular complexity index is 1140. The predicted octanol–water partition coefficient (Wildman–Crippen LogP) is 3.44. The minimum atomic E-state index is -1.10. The molecule has 1 atom stereocenters. The Hall–Kier alpha value is -3.66. The Labute approximate surface area is 170 Å². The third kappa shape index (κ3) is 3.77. The van der Waals surface area contributed by atoms with Crippen LogP contribution in [0.4, 0.5) is 14.7 Å². The maximum absolute atomic E-state index is 14.3. The number of pyridine rings is 1. The summed E-state index contributed by atoms with van der Waals surface area (Å²) in [4.78, 5) is 12.9. The quantitative estimate of drug-likeness (QED) is 0.670. The number of rotatable bonds is 6. The van der Waals surface area contributed by atoms with Crippen molar-refractivity contribution in [3.05, 3.63) is 71.2 Å². The number of hydrogen-bond acceptors (Lipinski definition) is 8. The maximum Gasteiger partial charge on any atom is 0.220 e. The van der Waals surface area contributed by atoms with E-state index < -0.39 is 17.2 Å². The molecule has 0 bridgehead atoms. The SMILES string of the molecule is COCc1cccc(CC2(c3cc(-c4cccc(F)c4F)nc(N)n3)C=NN=N2)n1. The van der Waals surface area contributed by atoms with Gasteiger partial charge >= 0.3 is 0 Å². The summed E-state index contributed by atoms with van der Waals surface area (Å²) in [5.41, 5.74) is 6.67. The van der Waals surface area contributed by atoms with Gasteiger partial charge in [0.15, 0.2) is 17.2 Å². The number of methoxy groups -OCH3 is 1. The van der Waals surface area contributed by atoms with Crippen LogP contribution < -0.4 is 5.73 Å². The van der Waals surface area contributed by atoms with Gasteiger partial charge in [-0.3, -0.25) is 4.98 Å². The van der Waals surface area contributed by atoms with Crippen molar-refractivity contribution in [1.82, 2.24) is 15.0 Å². The smallest absolute Gasteiger partial charge is 0.220 e. The lowest BCUT2D eigenvalue weighted by atomic mass is 9.90. The van der Waals surface area contributed by atoms with Gasteiger partial charge in [0.25, 0.3) is 0 Å². The standard InChI is InChI=1S/C20H17F2N7O/c1-30-10-13-5-2-4-12(25-13)9-20(11-24-29-28-20)17-8-16(26-19(23)27-17)14-6-3-7-15(21)18(14)22/h2-8,11H,9-10H2,1H3,(H2,23,26,27). The zero-order valence-electron chi connectivity index (χ0n) is 16.0. The summed E-state index contributed by atoms with van der Waals surface area (Å²) in [7, 11) is 1.59. The van der Waals surface area contributed by atoms with Gasteiger partial charge < -0.3 is 10.5 Å². The van der Waals surface area contributed by atoms with Crippen LogP contribution in [0.25, 0.3) is 11.3 Å². The largest absolute Gasteiger partial charge is 0.378 e. The lowest BCUT2D eigenvalue weighted by Gasteiger charge is -2.21. The van der Waals surface area contributed by atoms with Crippen LogP contribution in [0.5, 0.6) is 0 Å². The number of nitrogen functional groups attached to an aromatic ring is 1. The lowest BCUT2D eigenvalue weighted by molar-refractivity contribution is 0.181. The molecule has 0 fully saturated rings. The highest BCUT2D eigenvalue weighted by atomic mass is 19.2. The average molecular weight is 409 g/mol. The van der Waals surface area contributed by atoms with E-state index in [0.717, 1.165) is 11.8 Å². The Morgan fingerprint density at radius 2 is 1.83 bits per heavy atom. The van der Waals surface area contributed by atoms with Gasteiger partial charge in [0.1, 0.15) is 0 Å². The number of nitrogens with zero attached hydrogens (tertiary/aromatic N) is 6. The first-order valence-corrected chi connectivity index (χ1v) is 9.00. The highest BCUT2D eigenvalue weighted by Gasteiger charge is 2.37. The molecule has 152 valence electrons. The Kier molecular flexibility index (Phi) is 5.23. The van der Waals surface area contributed by atoms with Gasteiger partial charge in [-0.15, -0.1) is 10.2 Å². The first kappa shape index (κ1) is 19.6. The second-order valence-corrected chi connectivity index (χ2v) is 6.69. The zero-order valence-corrected chi connectivity index (χ0v) is 16.0. The molecule has 0 spiro atoms. The van der Waals surface area contributed by atoms with E-state index in [4.69, 9.17) is 10.5 Å². The van der Waals surface area contributed by atoms with Crippen molar-refractivity contribution < 1.29 is 13.5 Å². The molecule has 0 amide bonds. The number of hydrogen-bond donors (Lipinski definition) is 1. The van der Waals surface area contributed by atoms with Crippen molar-refractivity contribution in [1.29, 1.82) is 0 Å². The van der Waals surface area contributed by atoms with E-state index in [9.17, 15) is 8.78 Å². The first-order valence-electron chi connectivity index (χ1n) is 9.00. The van der Waals surface area contributed by atoms with E-state index in [2.05, 4.69) is 30.4 Å². The van der Waals surface area contributed by atoms with Crippen LogP contribution >= 0.6 is 0 Å². The van der Waals surface area contributed by atoms with E-state index in [1.165, 1.54) is 24.4 Å². The fourth-order valence-corrected chi connectivity index (χ4v) is 3.20. The molecular formula is C20H17F2N7O. The summed E-state index contributed by atoms with van der Waals surface area (Å²) in [6, 6.07) is 10.9. The summed E-state index contributed by atoms with van der Waals surface area (Å²) in [5, 5.41) is 11.9. The number of anilines is 1. The highest BCUT2D eigenvalue weighted by Crippen LogP contribution is 2.33. The molecule has 4 rings (SSSR count). The molecule has 8 nitrogen and oxygen atoms in total. The van der Waals surface area contributed by atoms with Gasteiger partial charge in [0.2, 0.25) is 5.95 Å². The topological polar surface area (TPSA) is 111 Å². The molecule has 10 heteroatoms. The molecule has 2 aromatic heterocycles. The monoisotopic (exact) mass is 409 g/mol. The van der Waals surface area contributed by atoms with Crippen LogP contribution in [0.1, 0.15) is 17.1 Å². The van der Waals surface area contributed by atoms with Crippen LogP contribution in [0.2, 0.25) is 0 Å². The van der Waals surface area contributed by atoms with Gasteiger partial charge in [-0.1, -0.05) is 12.1 Å². The molecule has 1 aliphatic rings. The minimum absolute atomic E-state index is 0.0346. The van der Waals surface area contributed by atoms with Gasteiger partial charge in [-0.25, -0.2) is 18.7 Å². The van der Waals surface area contributed by atoms with Crippen LogP contribution in [-0.2, 0) is 23.3 Å². The van der Waals surface area contributed by atoms with Crippen molar-refractivity contribution in [2.45, 2.75) is 18.6 Å². The third-order valence-corrected chi connectivity index (χ3v) is 4.57. The molecular weight excluding hydrogens is 392 g/mol. The number of ether oxygens (including phenoxy) is 1. The second-order valence-electron chi connectivity index (χ2n) is 6.69. The van der Waals surface area contributed by atoms with Crippen molar-refractivity contribution in [2.75, 3.05) is 12.8 Å². The number of halogens is 2. The summed E-state index contributed by atoms with van der Waals surface area (Å²) in [6.07, 6.45) is 1.80. The normalized spacial score (nSPS) is 17.6. The molecule has 3 heterocycles. The van der Waals surface area contributed by atoms with Crippen LogP contribution in [0.15, 0.2) is 57.9 Å². The summed E-state index contributed by atoms with van der Waals surface area (Å²) in [5.74, 6) is -2.12.